The molecule has 0 radical (unpaired) electrons. The maximum Gasteiger partial charge on any atom is 0.417 e. The second kappa shape index (κ2) is 7.54. The van der Waals surface area contributed by atoms with Crippen molar-refractivity contribution in [3.05, 3.63) is 57.1 Å². The SMILES string of the molecule is Cc1cc(OCC(=O)Nc2ccc(Cl)c(C(F)(F)F)c2)cc(C)c1Cl. The van der Waals surface area contributed by atoms with Crippen LogP contribution in [0.15, 0.2) is 30.3 Å². The van der Waals surface area contributed by atoms with E-state index in [1.54, 1.807) is 26.0 Å². The summed E-state index contributed by atoms with van der Waals surface area (Å²) >= 11 is 11.6. The van der Waals surface area contributed by atoms with E-state index in [1.807, 2.05) is 0 Å². The number of ether oxygens (including phenoxy) is 1. The number of amides is 1. The topological polar surface area (TPSA) is 38.3 Å². The largest absolute Gasteiger partial charge is 0.484 e. The summed E-state index contributed by atoms with van der Waals surface area (Å²) in [6, 6.07) is 6.48. The van der Waals surface area contributed by atoms with E-state index < -0.39 is 22.7 Å². The van der Waals surface area contributed by atoms with E-state index in [0.717, 1.165) is 23.3 Å². The van der Waals surface area contributed by atoms with Crippen LogP contribution < -0.4 is 10.1 Å². The number of hydrogen-bond donors (Lipinski definition) is 1. The molecule has 25 heavy (non-hydrogen) atoms. The molecule has 0 fully saturated rings. The lowest BCUT2D eigenvalue weighted by Crippen LogP contribution is -2.20. The first-order chi connectivity index (χ1) is 11.6. The summed E-state index contributed by atoms with van der Waals surface area (Å²) in [4.78, 5) is 11.9. The molecule has 0 spiro atoms. The number of nitrogens with one attached hydrogen (secondary N) is 1. The van der Waals surface area contributed by atoms with Gasteiger partial charge in [0.25, 0.3) is 5.91 Å². The van der Waals surface area contributed by atoms with Crippen molar-refractivity contribution in [3.63, 3.8) is 0 Å². The number of alkyl halides is 3. The summed E-state index contributed by atoms with van der Waals surface area (Å²) in [5.74, 6) is -0.151. The fourth-order valence-corrected chi connectivity index (χ4v) is 2.49. The van der Waals surface area contributed by atoms with Gasteiger partial charge in [-0.25, -0.2) is 0 Å². The zero-order valence-corrected chi connectivity index (χ0v) is 14.8. The average molecular weight is 392 g/mol. The van der Waals surface area contributed by atoms with E-state index in [2.05, 4.69) is 5.32 Å². The van der Waals surface area contributed by atoms with Crippen molar-refractivity contribution in [2.45, 2.75) is 20.0 Å². The minimum atomic E-state index is -4.60. The first-order valence-corrected chi connectivity index (χ1v) is 7.89. The number of carbonyl (C=O) groups is 1. The Kier molecular flexibility index (Phi) is 5.85. The van der Waals surface area contributed by atoms with E-state index in [9.17, 15) is 18.0 Å². The zero-order valence-electron chi connectivity index (χ0n) is 13.3. The van der Waals surface area contributed by atoms with E-state index in [1.165, 1.54) is 6.07 Å². The molecule has 8 heteroatoms. The van der Waals surface area contributed by atoms with Crippen LogP contribution in [-0.2, 0) is 11.0 Å². The minimum Gasteiger partial charge on any atom is -0.484 e. The van der Waals surface area contributed by atoms with Crippen LogP contribution in [0.3, 0.4) is 0 Å². The Bertz CT molecular complexity index is 784. The molecule has 2 rings (SSSR count). The number of rotatable bonds is 4. The van der Waals surface area contributed by atoms with Gasteiger partial charge >= 0.3 is 6.18 Å². The molecule has 1 N–H and O–H groups in total. The highest BCUT2D eigenvalue weighted by Crippen LogP contribution is 2.36. The fourth-order valence-electron chi connectivity index (χ4n) is 2.16. The Morgan fingerprint density at radius 1 is 1.12 bits per heavy atom. The van der Waals surface area contributed by atoms with Crippen molar-refractivity contribution in [1.82, 2.24) is 0 Å². The highest BCUT2D eigenvalue weighted by molar-refractivity contribution is 6.32. The monoisotopic (exact) mass is 391 g/mol. The van der Waals surface area contributed by atoms with Crippen molar-refractivity contribution in [1.29, 1.82) is 0 Å². The van der Waals surface area contributed by atoms with Gasteiger partial charge in [-0.2, -0.15) is 13.2 Å². The summed E-state index contributed by atoms with van der Waals surface area (Å²) in [5.41, 5.74) is 0.555. The summed E-state index contributed by atoms with van der Waals surface area (Å²) in [6.07, 6.45) is -4.60. The third kappa shape index (κ3) is 5.03. The van der Waals surface area contributed by atoms with Gasteiger partial charge in [0.05, 0.1) is 10.6 Å². The van der Waals surface area contributed by atoms with Crippen LogP contribution >= 0.6 is 23.2 Å². The van der Waals surface area contributed by atoms with Crippen molar-refractivity contribution in [3.8, 4) is 5.75 Å². The molecule has 0 aliphatic heterocycles. The Labute approximate surface area is 152 Å². The predicted octanol–water partition coefficient (Wildman–Crippen LogP) is 5.65. The Balaban J connectivity index is 2.04. The summed E-state index contributed by atoms with van der Waals surface area (Å²) in [5, 5.41) is 2.52. The summed E-state index contributed by atoms with van der Waals surface area (Å²) < 4.78 is 43.8. The van der Waals surface area contributed by atoms with Crippen LogP contribution in [0, 0.1) is 13.8 Å². The standard InChI is InChI=1S/C17H14Cl2F3NO2/c1-9-5-12(6-10(2)16(9)19)25-8-15(24)23-11-3-4-14(18)13(7-11)17(20,21)22/h3-7H,8H2,1-2H3,(H,23,24). The molecule has 0 aromatic heterocycles. The van der Waals surface area contributed by atoms with Gasteiger partial charge in [0, 0.05) is 10.7 Å². The zero-order chi connectivity index (χ0) is 18.8. The third-order valence-corrected chi connectivity index (χ3v) is 4.26. The molecule has 0 aliphatic carbocycles. The lowest BCUT2D eigenvalue weighted by Gasteiger charge is -2.13. The maximum absolute atomic E-state index is 12.8. The number of halogens is 5. The molecule has 2 aromatic rings. The smallest absolute Gasteiger partial charge is 0.417 e. The Morgan fingerprint density at radius 3 is 2.28 bits per heavy atom. The second-order valence-corrected chi connectivity index (χ2v) is 6.19. The van der Waals surface area contributed by atoms with Crippen molar-refractivity contribution in [2.24, 2.45) is 0 Å². The van der Waals surface area contributed by atoms with Crippen LogP contribution in [-0.4, -0.2) is 12.5 Å². The lowest BCUT2D eigenvalue weighted by atomic mass is 10.1. The maximum atomic E-state index is 12.8. The van der Waals surface area contributed by atoms with Gasteiger partial charge in [-0.15, -0.1) is 0 Å². The van der Waals surface area contributed by atoms with Gasteiger partial charge < -0.3 is 10.1 Å². The second-order valence-electron chi connectivity index (χ2n) is 5.40. The van der Waals surface area contributed by atoms with Crippen LogP contribution in [0.1, 0.15) is 16.7 Å². The average Bonchev–Trinajstić information content (AvgIpc) is 2.51. The first kappa shape index (κ1) is 19.4. The minimum absolute atomic E-state index is 0.0196. The highest BCUT2D eigenvalue weighted by atomic mass is 35.5. The van der Waals surface area contributed by atoms with E-state index in [-0.39, 0.29) is 12.3 Å². The van der Waals surface area contributed by atoms with E-state index >= 15 is 0 Å². The number of anilines is 1. The summed E-state index contributed by atoms with van der Waals surface area (Å²) in [6.45, 7) is 3.24. The Hall–Kier alpha value is -1.92. The normalized spacial score (nSPS) is 11.3. The van der Waals surface area contributed by atoms with Crippen molar-refractivity contribution in [2.75, 3.05) is 11.9 Å². The molecule has 0 atom stereocenters. The third-order valence-electron chi connectivity index (χ3n) is 3.34. The summed E-state index contributed by atoms with van der Waals surface area (Å²) in [7, 11) is 0. The van der Waals surface area contributed by atoms with Gasteiger partial charge in [-0.05, 0) is 55.3 Å². The molecule has 0 heterocycles. The quantitative estimate of drug-likeness (QED) is 0.731. The number of hydrogen-bond acceptors (Lipinski definition) is 2. The number of benzene rings is 2. The molecule has 0 bridgehead atoms. The van der Waals surface area contributed by atoms with Crippen molar-refractivity contribution < 1.29 is 22.7 Å². The molecule has 0 saturated carbocycles. The van der Waals surface area contributed by atoms with E-state index in [0.29, 0.717) is 10.8 Å². The van der Waals surface area contributed by atoms with Crippen molar-refractivity contribution >= 4 is 34.8 Å². The van der Waals surface area contributed by atoms with Gasteiger partial charge in [-0.1, -0.05) is 23.2 Å². The molecule has 2 aromatic carbocycles. The predicted molar refractivity (Wildman–Crippen MR) is 91.5 cm³/mol. The first-order valence-electron chi connectivity index (χ1n) is 7.14. The lowest BCUT2D eigenvalue weighted by molar-refractivity contribution is -0.137. The molecular weight excluding hydrogens is 378 g/mol. The van der Waals surface area contributed by atoms with Gasteiger partial charge in [0.15, 0.2) is 6.61 Å². The molecule has 0 aliphatic rings. The van der Waals surface area contributed by atoms with Gasteiger partial charge in [0.1, 0.15) is 5.75 Å². The number of carbonyl (C=O) groups excluding carboxylic acids is 1. The molecular formula is C17H14Cl2F3NO2. The number of aryl methyl sites for hydroxylation is 2. The molecule has 1 amide bonds. The molecule has 0 saturated heterocycles. The van der Waals surface area contributed by atoms with Crippen LogP contribution in [0.25, 0.3) is 0 Å². The fraction of sp³-hybridized carbons (Fsp3) is 0.235. The Morgan fingerprint density at radius 2 is 1.72 bits per heavy atom. The van der Waals surface area contributed by atoms with Gasteiger partial charge in [-0.3, -0.25) is 4.79 Å². The molecule has 134 valence electrons. The molecule has 0 unspecified atom stereocenters. The van der Waals surface area contributed by atoms with Crippen LogP contribution in [0.4, 0.5) is 18.9 Å². The van der Waals surface area contributed by atoms with Gasteiger partial charge in [0.2, 0.25) is 0 Å². The molecule has 3 nitrogen and oxygen atoms in total. The van der Waals surface area contributed by atoms with Crippen LogP contribution in [0.2, 0.25) is 10.0 Å². The van der Waals surface area contributed by atoms with E-state index in [4.69, 9.17) is 27.9 Å². The van der Waals surface area contributed by atoms with Crippen LogP contribution in [0.5, 0.6) is 5.75 Å². The highest BCUT2D eigenvalue weighted by Gasteiger charge is 2.33.